The van der Waals surface area contributed by atoms with Gasteiger partial charge in [0.1, 0.15) is 5.75 Å². The van der Waals surface area contributed by atoms with Crippen LogP contribution in [0.2, 0.25) is 0 Å². The number of phenols is 1. The number of aliphatic hydroxyl groups excluding tert-OH is 1. The van der Waals surface area contributed by atoms with Crippen LogP contribution in [0.5, 0.6) is 5.75 Å². The maximum Gasteiger partial charge on any atom is 0.229 e. The highest BCUT2D eigenvalue weighted by Gasteiger charge is 2.23. The van der Waals surface area contributed by atoms with E-state index in [9.17, 15) is 10.2 Å². The van der Waals surface area contributed by atoms with Gasteiger partial charge in [0.25, 0.3) is 0 Å². The largest absolute Gasteiger partial charge is 0.508 e. The topological polar surface area (TPSA) is 103 Å². The number of imidazole rings is 1. The van der Waals surface area contributed by atoms with Crippen molar-refractivity contribution < 1.29 is 10.2 Å². The molecule has 0 unspecified atom stereocenters. The summed E-state index contributed by atoms with van der Waals surface area (Å²) in [6, 6.07) is 17.6. The normalized spacial score (nSPS) is 15.0. The fourth-order valence-electron chi connectivity index (χ4n) is 4.30. The van der Waals surface area contributed by atoms with E-state index in [0.717, 1.165) is 37.4 Å². The Kier molecular flexibility index (Phi) is 6.18. The number of aromatic nitrogens is 4. The van der Waals surface area contributed by atoms with Crippen LogP contribution >= 0.6 is 0 Å². The molecule has 4 aromatic rings. The Morgan fingerprint density at radius 1 is 0.941 bits per heavy atom. The fraction of sp³-hybridized carbons (Fsp3) is 0.320. The van der Waals surface area contributed by atoms with Gasteiger partial charge in [0.15, 0.2) is 17.0 Å². The first kappa shape index (κ1) is 22.0. The zero-order chi connectivity index (χ0) is 23.5. The SMILES string of the molecule is C[C@@H](Nc1nc(N2CCN(c3ccc(O)cc3)CC2)nc2c1ncn2CCO)c1ccccc1. The molecule has 0 saturated carbocycles. The lowest BCUT2D eigenvalue weighted by molar-refractivity contribution is 0.277. The Morgan fingerprint density at radius 2 is 1.65 bits per heavy atom. The van der Waals surface area contributed by atoms with Crippen LogP contribution in [0.15, 0.2) is 60.9 Å². The quantitative estimate of drug-likeness (QED) is 0.388. The Balaban J connectivity index is 1.41. The van der Waals surface area contributed by atoms with Crippen molar-refractivity contribution in [2.75, 3.05) is 47.9 Å². The smallest absolute Gasteiger partial charge is 0.229 e. The molecule has 34 heavy (non-hydrogen) atoms. The van der Waals surface area contributed by atoms with Gasteiger partial charge in [0.05, 0.1) is 19.0 Å². The molecular weight excluding hydrogens is 430 g/mol. The molecule has 0 bridgehead atoms. The van der Waals surface area contributed by atoms with Crippen LogP contribution < -0.4 is 15.1 Å². The number of fused-ring (bicyclic) bond motifs is 1. The zero-order valence-corrected chi connectivity index (χ0v) is 19.2. The molecule has 1 saturated heterocycles. The number of phenolic OH excluding ortho intramolecular Hbond substituents is 1. The van der Waals surface area contributed by atoms with Crippen LogP contribution in [0.1, 0.15) is 18.5 Å². The molecule has 9 heteroatoms. The number of aromatic hydroxyl groups is 1. The highest BCUT2D eigenvalue weighted by molar-refractivity contribution is 5.84. The van der Waals surface area contributed by atoms with E-state index in [1.807, 2.05) is 34.9 Å². The van der Waals surface area contributed by atoms with Gasteiger partial charge in [-0.05, 0) is 36.8 Å². The van der Waals surface area contributed by atoms with Crippen LogP contribution in [0.25, 0.3) is 11.2 Å². The van der Waals surface area contributed by atoms with Crippen molar-refractivity contribution in [2.24, 2.45) is 0 Å². The lowest BCUT2D eigenvalue weighted by Crippen LogP contribution is -2.47. The van der Waals surface area contributed by atoms with Crippen molar-refractivity contribution in [3.8, 4) is 5.75 Å². The molecule has 0 aliphatic carbocycles. The van der Waals surface area contributed by atoms with Gasteiger partial charge in [-0.15, -0.1) is 0 Å². The number of aliphatic hydroxyl groups is 1. The van der Waals surface area contributed by atoms with Gasteiger partial charge in [-0.1, -0.05) is 30.3 Å². The van der Waals surface area contributed by atoms with E-state index in [-0.39, 0.29) is 18.4 Å². The van der Waals surface area contributed by atoms with Gasteiger partial charge < -0.3 is 29.9 Å². The van der Waals surface area contributed by atoms with Crippen molar-refractivity contribution >= 4 is 28.6 Å². The average Bonchev–Trinajstić information content (AvgIpc) is 3.28. The predicted octanol–water partition coefficient (Wildman–Crippen LogP) is 3.02. The second-order valence-electron chi connectivity index (χ2n) is 8.47. The van der Waals surface area contributed by atoms with Crippen LogP contribution in [-0.2, 0) is 6.54 Å². The molecule has 3 N–H and O–H groups in total. The van der Waals surface area contributed by atoms with Gasteiger partial charge in [0, 0.05) is 38.4 Å². The third kappa shape index (κ3) is 4.47. The molecule has 176 valence electrons. The number of hydrogen-bond donors (Lipinski definition) is 3. The van der Waals surface area contributed by atoms with Crippen LogP contribution in [0.3, 0.4) is 0 Å². The summed E-state index contributed by atoms with van der Waals surface area (Å²) >= 11 is 0. The van der Waals surface area contributed by atoms with E-state index in [0.29, 0.717) is 29.5 Å². The Labute approximate surface area is 198 Å². The molecule has 1 aliphatic heterocycles. The molecule has 1 atom stereocenters. The highest BCUT2D eigenvalue weighted by atomic mass is 16.3. The minimum absolute atomic E-state index is 0.0132. The maximum absolute atomic E-state index is 9.56. The van der Waals surface area contributed by atoms with Crippen LogP contribution in [0, 0.1) is 0 Å². The van der Waals surface area contributed by atoms with Gasteiger partial charge in [0.2, 0.25) is 5.95 Å². The monoisotopic (exact) mass is 459 g/mol. The molecule has 3 heterocycles. The lowest BCUT2D eigenvalue weighted by atomic mass is 10.1. The molecule has 1 fully saturated rings. The predicted molar refractivity (Wildman–Crippen MR) is 133 cm³/mol. The third-order valence-corrected chi connectivity index (χ3v) is 6.22. The van der Waals surface area contributed by atoms with E-state index >= 15 is 0 Å². The number of hydrogen-bond acceptors (Lipinski definition) is 8. The fourth-order valence-corrected chi connectivity index (χ4v) is 4.30. The van der Waals surface area contributed by atoms with Crippen molar-refractivity contribution in [1.82, 2.24) is 19.5 Å². The zero-order valence-electron chi connectivity index (χ0n) is 19.2. The third-order valence-electron chi connectivity index (χ3n) is 6.22. The summed E-state index contributed by atoms with van der Waals surface area (Å²) in [6.45, 7) is 5.73. The van der Waals surface area contributed by atoms with Crippen molar-refractivity contribution in [1.29, 1.82) is 0 Å². The number of benzene rings is 2. The Hall–Kier alpha value is -3.85. The maximum atomic E-state index is 9.56. The van der Waals surface area contributed by atoms with E-state index in [4.69, 9.17) is 9.97 Å². The molecule has 1 aliphatic rings. The molecule has 0 radical (unpaired) electrons. The Bertz CT molecular complexity index is 1240. The number of nitrogens with zero attached hydrogens (tertiary/aromatic N) is 6. The number of rotatable bonds is 7. The van der Waals surface area contributed by atoms with Gasteiger partial charge in [-0.25, -0.2) is 4.98 Å². The molecule has 0 amide bonds. The second kappa shape index (κ2) is 9.56. The summed E-state index contributed by atoms with van der Waals surface area (Å²) in [7, 11) is 0. The molecule has 2 aromatic heterocycles. The summed E-state index contributed by atoms with van der Waals surface area (Å²) < 4.78 is 1.87. The highest BCUT2D eigenvalue weighted by Crippen LogP contribution is 2.27. The van der Waals surface area contributed by atoms with Crippen molar-refractivity contribution in [3.05, 3.63) is 66.5 Å². The first-order valence-electron chi connectivity index (χ1n) is 11.6. The molecule has 9 nitrogen and oxygen atoms in total. The molecule has 0 spiro atoms. The lowest BCUT2D eigenvalue weighted by Gasteiger charge is -2.36. The molecule has 5 rings (SSSR count). The average molecular weight is 460 g/mol. The first-order chi connectivity index (χ1) is 16.6. The minimum Gasteiger partial charge on any atom is -0.508 e. The van der Waals surface area contributed by atoms with E-state index < -0.39 is 0 Å². The van der Waals surface area contributed by atoms with Crippen LogP contribution in [-0.4, -0.2) is 62.5 Å². The summed E-state index contributed by atoms with van der Waals surface area (Å²) in [5.74, 6) is 1.61. The summed E-state index contributed by atoms with van der Waals surface area (Å²) in [5.41, 5.74) is 3.66. The first-order valence-corrected chi connectivity index (χ1v) is 11.6. The van der Waals surface area contributed by atoms with Crippen LogP contribution in [0.4, 0.5) is 17.5 Å². The standard InChI is InChI=1S/C25H29N7O2/c1-18(19-5-3-2-4-6-19)27-23-22-24(32(15-16-33)17-26-22)29-25(28-23)31-13-11-30(12-14-31)20-7-9-21(34)10-8-20/h2-10,17-18,33-34H,11-16H2,1H3,(H,27,28,29)/t18-/m1/s1. The Morgan fingerprint density at radius 3 is 2.35 bits per heavy atom. The van der Waals surface area contributed by atoms with Gasteiger partial charge in [-0.3, -0.25) is 0 Å². The van der Waals surface area contributed by atoms with Gasteiger partial charge in [-0.2, -0.15) is 9.97 Å². The number of anilines is 3. The van der Waals surface area contributed by atoms with Gasteiger partial charge >= 0.3 is 0 Å². The van der Waals surface area contributed by atoms with Crippen molar-refractivity contribution in [3.63, 3.8) is 0 Å². The summed E-state index contributed by atoms with van der Waals surface area (Å²) in [6.07, 6.45) is 1.71. The number of nitrogens with one attached hydrogen (secondary N) is 1. The van der Waals surface area contributed by atoms with Crippen molar-refractivity contribution in [2.45, 2.75) is 19.5 Å². The minimum atomic E-state index is 0.0132. The van der Waals surface area contributed by atoms with E-state index in [1.54, 1.807) is 18.5 Å². The van der Waals surface area contributed by atoms with E-state index in [1.165, 1.54) is 0 Å². The molecular formula is C25H29N7O2. The molecule has 2 aromatic carbocycles. The number of piperazine rings is 1. The summed E-state index contributed by atoms with van der Waals surface area (Å²) in [4.78, 5) is 18.8. The van der Waals surface area contributed by atoms with E-state index in [2.05, 4.69) is 39.2 Å². The summed E-state index contributed by atoms with van der Waals surface area (Å²) in [5, 5.41) is 22.6. The second-order valence-corrected chi connectivity index (χ2v) is 8.47.